The molecule has 1 aromatic heterocycles. The van der Waals surface area contributed by atoms with Crippen LogP contribution < -0.4 is 5.32 Å². The molecule has 1 N–H and O–H groups in total. The fourth-order valence-corrected chi connectivity index (χ4v) is 2.62. The van der Waals surface area contributed by atoms with Crippen LogP contribution in [0.3, 0.4) is 0 Å². The maximum atomic E-state index is 4.66. The summed E-state index contributed by atoms with van der Waals surface area (Å²) >= 11 is 0. The highest BCUT2D eigenvalue weighted by Crippen LogP contribution is 2.28. The van der Waals surface area contributed by atoms with Gasteiger partial charge in [0, 0.05) is 18.8 Å². The van der Waals surface area contributed by atoms with E-state index < -0.39 is 0 Å². The predicted molar refractivity (Wildman–Crippen MR) is 81.5 cm³/mol. The molecule has 0 amide bonds. The second-order valence-corrected chi connectivity index (χ2v) is 7.25. The summed E-state index contributed by atoms with van der Waals surface area (Å²) in [6.45, 7) is 12.4. The van der Waals surface area contributed by atoms with Gasteiger partial charge in [-0.15, -0.1) is 0 Å². The van der Waals surface area contributed by atoms with Crippen LogP contribution in [-0.2, 0) is 6.54 Å². The van der Waals surface area contributed by atoms with E-state index in [0.717, 1.165) is 18.2 Å². The molecule has 0 bridgehead atoms. The summed E-state index contributed by atoms with van der Waals surface area (Å²) < 4.78 is 2.31. The highest BCUT2D eigenvalue weighted by molar-refractivity contribution is 5.30. The Labute approximate surface area is 117 Å². The van der Waals surface area contributed by atoms with Crippen LogP contribution in [0, 0.1) is 18.3 Å². The normalized spacial score (nSPS) is 18.8. The Morgan fingerprint density at radius 3 is 2.58 bits per heavy atom. The van der Waals surface area contributed by atoms with Crippen molar-refractivity contribution in [2.24, 2.45) is 11.3 Å². The first-order valence-electron chi connectivity index (χ1n) is 7.66. The molecule has 0 saturated heterocycles. The van der Waals surface area contributed by atoms with E-state index in [2.05, 4.69) is 55.7 Å². The third-order valence-corrected chi connectivity index (χ3v) is 4.53. The van der Waals surface area contributed by atoms with Crippen LogP contribution in [-0.4, -0.2) is 15.6 Å². The third-order valence-electron chi connectivity index (χ3n) is 4.53. The van der Waals surface area contributed by atoms with Crippen molar-refractivity contribution in [3.05, 3.63) is 11.9 Å². The van der Waals surface area contributed by atoms with Crippen LogP contribution in [0.1, 0.15) is 59.1 Å². The molecule has 108 valence electrons. The first-order chi connectivity index (χ1) is 8.86. The van der Waals surface area contributed by atoms with Gasteiger partial charge >= 0.3 is 0 Å². The Morgan fingerprint density at radius 1 is 1.37 bits per heavy atom. The molecule has 3 nitrogen and oxygen atoms in total. The van der Waals surface area contributed by atoms with Gasteiger partial charge in [0.15, 0.2) is 0 Å². The van der Waals surface area contributed by atoms with E-state index in [-0.39, 0.29) is 0 Å². The Hall–Kier alpha value is -0.990. The molecule has 1 aromatic rings. The second-order valence-electron chi connectivity index (χ2n) is 7.25. The molecule has 3 heteroatoms. The summed E-state index contributed by atoms with van der Waals surface area (Å²) in [4.78, 5) is 4.66. The molecule has 1 fully saturated rings. The number of anilines is 1. The van der Waals surface area contributed by atoms with Gasteiger partial charge in [0.05, 0.1) is 5.69 Å². The molecule has 0 aliphatic heterocycles. The summed E-state index contributed by atoms with van der Waals surface area (Å²) in [6, 6.07) is 0.630. The van der Waals surface area contributed by atoms with Gasteiger partial charge in [0.2, 0.25) is 5.95 Å². The van der Waals surface area contributed by atoms with Crippen molar-refractivity contribution in [1.29, 1.82) is 0 Å². The molecule has 19 heavy (non-hydrogen) atoms. The maximum absolute atomic E-state index is 4.66. The highest BCUT2D eigenvalue weighted by atomic mass is 15.2. The molecule has 1 unspecified atom stereocenters. The highest BCUT2D eigenvalue weighted by Gasteiger charge is 2.22. The molecular weight excluding hydrogens is 234 g/mol. The van der Waals surface area contributed by atoms with Gasteiger partial charge in [0.1, 0.15) is 0 Å². The zero-order valence-corrected chi connectivity index (χ0v) is 13.2. The minimum atomic E-state index is 0.336. The lowest BCUT2D eigenvalue weighted by Gasteiger charge is -2.28. The van der Waals surface area contributed by atoms with Crippen molar-refractivity contribution in [3.8, 4) is 0 Å². The zero-order valence-electron chi connectivity index (χ0n) is 13.2. The van der Waals surface area contributed by atoms with Gasteiger partial charge in [0.25, 0.3) is 0 Å². The number of aromatic nitrogens is 2. The monoisotopic (exact) mass is 263 g/mol. The fourth-order valence-electron chi connectivity index (χ4n) is 2.62. The van der Waals surface area contributed by atoms with Crippen LogP contribution in [0.2, 0.25) is 0 Å². The fraction of sp³-hybridized carbons (Fsp3) is 0.812. The van der Waals surface area contributed by atoms with Gasteiger partial charge in [-0.2, -0.15) is 0 Å². The van der Waals surface area contributed by atoms with Crippen molar-refractivity contribution in [1.82, 2.24) is 9.55 Å². The van der Waals surface area contributed by atoms with Gasteiger partial charge in [-0.05, 0) is 31.1 Å². The topological polar surface area (TPSA) is 29.9 Å². The van der Waals surface area contributed by atoms with E-state index in [1.54, 1.807) is 0 Å². The van der Waals surface area contributed by atoms with Crippen molar-refractivity contribution in [3.63, 3.8) is 0 Å². The summed E-state index contributed by atoms with van der Waals surface area (Å²) in [5.41, 5.74) is 1.45. The van der Waals surface area contributed by atoms with Crippen LogP contribution in [0.15, 0.2) is 6.20 Å². The van der Waals surface area contributed by atoms with E-state index in [0.29, 0.717) is 17.4 Å². The average Bonchev–Trinajstić information content (AvgIpc) is 2.89. The summed E-state index contributed by atoms with van der Waals surface area (Å²) in [5.74, 6) is 1.70. The Bertz CT molecular complexity index is 408. The first-order valence-corrected chi connectivity index (χ1v) is 7.66. The van der Waals surface area contributed by atoms with Gasteiger partial charge < -0.3 is 9.88 Å². The minimum Gasteiger partial charge on any atom is -0.353 e. The lowest BCUT2D eigenvalue weighted by Crippen LogP contribution is -2.24. The van der Waals surface area contributed by atoms with Crippen LogP contribution in [0.4, 0.5) is 5.95 Å². The van der Waals surface area contributed by atoms with Crippen molar-refractivity contribution in [2.75, 3.05) is 5.32 Å². The molecule has 1 saturated carbocycles. The molecule has 0 spiro atoms. The molecule has 0 radical (unpaired) electrons. The number of hydrogen-bond acceptors (Lipinski definition) is 2. The molecule has 0 aromatic carbocycles. The van der Waals surface area contributed by atoms with Crippen molar-refractivity contribution >= 4 is 5.95 Å². The largest absolute Gasteiger partial charge is 0.353 e. The van der Waals surface area contributed by atoms with E-state index in [4.69, 9.17) is 0 Å². The molecule has 1 atom stereocenters. The van der Waals surface area contributed by atoms with Crippen molar-refractivity contribution in [2.45, 2.75) is 72.9 Å². The lowest BCUT2D eigenvalue weighted by molar-refractivity contribution is 0.233. The Kier molecular flexibility index (Phi) is 4.22. The number of rotatable bonds is 4. The second kappa shape index (κ2) is 5.56. The molecule has 1 aliphatic rings. The quantitative estimate of drug-likeness (QED) is 0.881. The maximum Gasteiger partial charge on any atom is 0.203 e. The number of aryl methyl sites for hydroxylation is 1. The zero-order chi connectivity index (χ0) is 14.0. The lowest BCUT2D eigenvalue weighted by atomic mass is 9.82. The molecular formula is C16H29N3. The predicted octanol–water partition coefficient (Wildman–Crippen LogP) is 4.23. The summed E-state index contributed by atoms with van der Waals surface area (Å²) in [5, 5.41) is 3.64. The Morgan fingerprint density at radius 2 is 2.00 bits per heavy atom. The van der Waals surface area contributed by atoms with Crippen LogP contribution in [0.25, 0.3) is 0 Å². The number of imidazole rings is 1. The Balaban J connectivity index is 2.07. The van der Waals surface area contributed by atoms with Crippen LogP contribution in [0.5, 0.6) is 0 Å². The van der Waals surface area contributed by atoms with E-state index >= 15 is 0 Å². The van der Waals surface area contributed by atoms with E-state index in [1.807, 2.05) is 0 Å². The van der Waals surface area contributed by atoms with Gasteiger partial charge in [-0.25, -0.2) is 4.98 Å². The number of hydrogen-bond donors (Lipinski definition) is 1. The van der Waals surface area contributed by atoms with Crippen molar-refractivity contribution < 1.29 is 0 Å². The molecule has 1 heterocycles. The molecule has 2 rings (SSSR count). The smallest absolute Gasteiger partial charge is 0.203 e. The van der Waals surface area contributed by atoms with Gasteiger partial charge in [-0.3, -0.25) is 0 Å². The van der Waals surface area contributed by atoms with Crippen LogP contribution >= 0.6 is 0 Å². The summed E-state index contributed by atoms with van der Waals surface area (Å²) in [7, 11) is 0. The number of nitrogens with zero attached hydrogens (tertiary/aromatic N) is 2. The van der Waals surface area contributed by atoms with Gasteiger partial charge in [-0.1, -0.05) is 40.5 Å². The third kappa shape index (κ3) is 3.74. The minimum absolute atomic E-state index is 0.336. The standard InChI is InChI=1S/C16H29N3/c1-12(16(3,4)5)10-19-11-13(2)17-15(19)18-14-8-6-7-9-14/h11-12,14H,6-10H2,1-5H3,(H,17,18). The first kappa shape index (κ1) is 14.4. The SMILES string of the molecule is Cc1cn(CC(C)C(C)(C)C)c(NC2CCCC2)n1. The van der Waals surface area contributed by atoms with E-state index in [1.165, 1.54) is 25.7 Å². The molecule has 1 aliphatic carbocycles. The van der Waals surface area contributed by atoms with E-state index in [9.17, 15) is 0 Å². The average molecular weight is 263 g/mol. The number of nitrogens with one attached hydrogen (secondary N) is 1. The summed E-state index contributed by atoms with van der Waals surface area (Å²) in [6.07, 6.45) is 7.48.